The van der Waals surface area contributed by atoms with Gasteiger partial charge >= 0.3 is 0 Å². The van der Waals surface area contributed by atoms with Gasteiger partial charge in [0.15, 0.2) is 6.29 Å². The Morgan fingerprint density at radius 3 is 2.24 bits per heavy atom. The summed E-state index contributed by atoms with van der Waals surface area (Å²) in [6.07, 6.45) is 0.938. The SMILES string of the molecule is CC.CN1CCN(c2ccccc2C=O)CC1. The minimum absolute atomic E-state index is 0.794. The summed E-state index contributed by atoms with van der Waals surface area (Å²) in [5, 5.41) is 0. The largest absolute Gasteiger partial charge is 0.368 e. The number of piperazine rings is 1. The molecular weight excluding hydrogens is 212 g/mol. The van der Waals surface area contributed by atoms with Crippen LogP contribution in [0.3, 0.4) is 0 Å². The van der Waals surface area contributed by atoms with Gasteiger partial charge in [-0.3, -0.25) is 4.79 Å². The van der Waals surface area contributed by atoms with E-state index in [1.54, 1.807) is 0 Å². The number of hydrogen-bond donors (Lipinski definition) is 0. The van der Waals surface area contributed by atoms with Gasteiger partial charge in [0, 0.05) is 37.4 Å². The van der Waals surface area contributed by atoms with Crippen LogP contribution in [0.4, 0.5) is 5.69 Å². The van der Waals surface area contributed by atoms with Gasteiger partial charge in [0.2, 0.25) is 0 Å². The van der Waals surface area contributed by atoms with Crippen molar-refractivity contribution >= 4 is 12.0 Å². The highest BCUT2D eigenvalue weighted by Crippen LogP contribution is 2.19. The summed E-state index contributed by atoms with van der Waals surface area (Å²) in [7, 11) is 2.13. The molecule has 0 atom stereocenters. The molecule has 1 aliphatic heterocycles. The molecule has 1 fully saturated rings. The Morgan fingerprint density at radius 2 is 1.65 bits per heavy atom. The lowest BCUT2D eigenvalue weighted by molar-refractivity contribution is 0.112. The molecule has 0 radical (unpaired) electrons. The Morgan fingerprint density at radius 1 is 1.06 bits per heavy atom. The minimum Gasteiger partial charge on any atom is -0.368 e. The zero-order valence-electron chi connectivity index (χ0n) is 11.0. The zero-order chi connectivity index (χ0) is 12.7. The normalized spacial score (nSPS) is 16.1. The molecule has 17 heavy (non-hydrogen) atoms. The molecule has 2 rings (SSSR count). The van der Waals surface area contributed by atoms with Gasteiger partial charge < -0.3 is 9.80 Å². The average molecular weight is 234 g/mol. The summed E-state index contributed by atoms with van der Waals surface area (Å²) in [4.78, 5) is 15.5. The summed E-state index contributed by atoms with van der Waals surface area (Å²) in [6.45, 7) is 8.13. The molecule has 0 saturated carbocycles. The lowest BCUT2D eigenvalue weighted by atomic mass is 10.1. The molecule has 1 aromatic carbocycles. The molecule has 0 aromatic heterocycles. The molecule has 3 heteroatoms. The molecule has 0 N–H and O–H groups in total. The van der Waals surface area contributed by atoms with Crippen LogP contribution in [-0.4, -0.2) is 44.4 Å². The van der Waals surface area contributed by atoms with E-state index in [0.29, 0.717) is 0 Å². The van der Waals surface area contributed by atoms with Crippen molar-refractivity contribution in [2.45, 2.75) is 13.8 Å². The van der Waals surface area contributed by atoms with E-state index < -0.39 is 0 Å². The van der Waals surface area contributed by atoms with Gasteiger partial charge in [-0.1, -0.05) is 26.0 Å². The monoisotopic (exact) mass is 234 g/mol. The Hall–Kier alpha value is -1.35. The lowest BCUT2D eigenvalue weighted by Crippen LogP contribution is -2.44. The number of aldehydes is 1. The second-order valence-corrected chi connectivity index (χ2v) is 3.97. The van der Waals surface area contributed by atoms with E-state index in [9.17, 15) is 4.79 Å². The van der Waals surface area contributed by atoms with Crippen LogP contribution in [0.5, 0.6) is 0 Å². The van der Waals surface area contributed by atoms with Gasteiger partial charge in [0.1, 0.15) is 0 Å². The predicted molar refractivity (Wildman–Crippen MR) is 72.9 cm³/mol. The first kappa shape index (κ1) is 13.7. The third kappa shape index (κ3) is 3.56. The van der Waals surface area contributed by atoms with Crippen LogP contribution >= 0.6 is 0 Å². The predicted octanol–water partition coefficient (Wildman–Crippen LogP) is 2.28. The van der Waals surface area contributed by atoms with Crippen LogP contribution in [0.1, 0.15) is 24.2 Å². The molecule has 1 saturated heterocycles. The van der Waals surface area contributed by atoms with Crippen molar-refractivity contribution in [2.75, 3.05) is 38.1 Å². The van der Waals surface area contributed by atoms with E-state index in [4.69, 9.17) is 0 Å². The third-order valence-corrected chi connectivity index (χ3v) is 2.91. The van der Waals surface area contributed by atoms with Crippen molar-refractivity contribution in [1.82, 2.24) is 4.90 Å². The summed E-state index contributed by atoms with van der Waals surface area (Å²) >= 11 is 0. The second-order valence-electron chi connectivity index (χ2n) is 3.97. The minimum atomic E-state index is 0.794. The Labute approximate surface area is 104 Å². The van der Waals surface area contributed by atoms with Gasteiger partial charge in [-0.05, 0) is 19.2 Å². The van der Waals surface area contributed by atoms with Crippen LogP contribution < -0.4 is 4.90 Å². The number of hydrogen-bond acceptors (Lipinski definition) is 3. The van der Waals surface area contributed by atoms with Crippen molar-refractivity contribution in [3.8, 4) is 0 Å². The first-order valence-corrected chi connectivity index (χ1v) is 6.29. The molecule has 0 bridgehead atoms. The Balaban J connectivity index is 0.000000686. The fourth-order valence-corrected chi connectivity index (χ4v) is 1.92. The van der Waals surface area contributed by atoms with Crippen LogP contribution in [0.25, 0.3) is 0 Å². The van der Waals surface area contributed by atoms with Crippen molar-refractivity contribution in [1.29, 1.82) is 0 Å². The number of anilines is 1. The molecule has 94 valence electrons. The lowest BCUT2D eigenvalue weighted by Gasteiger charge is -2.34. The first-order chi connectivity index (χ1) is 8.31. The highest BCUT2D eigenvalue weighted by Gasteiger charge is 2.15. The topological polar surface area (TPSA) is 23.6 Å². The molecule has 1 aromatic rings. The van der Waals surface area contributed by atoms with Gasteiger partial charge in [-0.2, -0.15) is 0 Å². The molecule has 0 spiro atoms. The Bertz CT molecular complexity index is 344. The Kier molecular flexibility index (Phi) is 5.70. The number of nitrogens with zero attached hydrogens (tertiary/aromatic N) is 2. The van der Waals surface area contributed by atoms with E-state index in [-0.39, 0.29) is 0 Å². The maximum Gasteiger partial charge on any atom is 0.152 e. The fourth-order valence-electron chi connectivity index (χ4n) is 1.92. The summed E-state index contributed by atoms with van der Waals surface area (Å²) in [6, 6.07) is 7.79. The highest BCUT2D eigenvalue weighted by molar-refractivity contribution is 5.84. The van der Waals surface area contributed by atoms with Crippen molar-refractivity contribution in [3.05, 3.63) is 29.8 Å². The number of carbonyl (C=O) groups excluding carboxylic acids is 1. The van der Waals surface area contributed by atoms with Gasteiger partial charge in [-0.25, -0.2) is 0 Å². The van der Waals surface area contributed by atoms with Gasteiger partial charge in [0.25, 0.3) is 0 Å². The van der Waals surface area contributed by atoms with Gasteiger partial charge in [-0.15, -0.1) is 0 Å². The molecule has 1 aliphatic rings. The molecule has 3 nitrogen and oxygen atoms in total. The number of benzene rings is 1. The summed E-state index contributed by atoms with van der Waals surface area (Å²) < 4.78 is 0. The van der Waals surface area contributed by atoms with Crippen LogP contribution in [0.2, 0.25) is 0 Å². The summed E-state index contributed by atoms with van der Waals surface area (Å²) in [5.41, 5.74) is 1.86. The quantitative estimate of drug-likeness (QED) is 0.733. The average Bonchev–Trinajstić information content (AvgIpc) is 2.42. The maximum atomic E-state index is 10.9. The molecule has 0 aliphatic carbocycles. The third-order valence-electron chi connectivity index (χ3n) is 2.91. The van der Waals surface area contributed by atoms with Crippen LogP contribution in [0, 0.1) is 0 Å². The molecule has 0 amide bonds. The van der Waals surface area contributed by atoms with Crippen molar-refractivity contribution in [3.63, 3.8) is 0 Å². The maximum absolute atomic E-state index is 10.9. The van der Waals surface area contributed by atoms with E-state index in [1.807, 2.05) is 38.1 Å². The van der Waals surface area contributed by atoms with Gasteiger partial charge in [0.05, 0.1) is 0 Å². The second kappa shape index (κ2) is 7.07. The highest BCUT2D eigenvalue weighted by atomic mass is 16.1. The van der Waals surface area contributed by atoms with E-state index in [0.717, 1.165) is 43.7 Å². The smallest absolute Gasteiger partial charge is 0.152 e. The fraction of sp³-hybridized carbons (Fsp3) is 0.500. The van der Waals surface area contributed by atoms with Crippen LogP contribution in [-0.2, 0) is 0 Å². The standard InChI is InChI=1S/C12H16N2O.C2H6/c1-13-6-8-14(9-7-13)12-5-3-2-4-11(12)10-15;1-2/h2-5,10H,6-9H2,1H3;1-2H3. The number of likely N-dealkylation sites (N-methyl/N-ethyl adjacent to an activating group) is 1. The number of carbonyl (C=O) groups is 1. The first-order valence-electron chi connectivity index (χ1n) is 6.29. The molecular formula is C14H22N2O. The number of para-hydroxylation sites is 1. The zero-order valence-corrected chi connectivity index (χ0v) is 11.0. The number of rotatable bonds is 2. The van der Waals surface area contributed by atoms with E-state index in [2.05, 4.69) is 16.8 Å². The molecule has 0 unspecified atom stereocenters. The summed E-state index contributed by atoms with van der Waals surface area (Å²) in [5.74, 6) is 0. The van der Waals surface area contributed by atoms with Crippen molar-refractivity contribution < 1.29 is 4.79 Å². The van der Waals surface area contributed by atoms with E-state index in [1.165, 1.54) is 0 Å². The van der Waals surface area contributed by atoms with Crippen molar-refractivity contribution in [2.24, 2.45) is 0 Å². The van der Waals surface area contributed by atoms with E-state index >= 15 is 0 Å². The van der Waals surface area contributed by atoms with Crippen LogP contribution in [0.15, 0.2) is 24.3 Å². The molecule has 1 heterocycles.